The molecule has 3 rings (SSSR count). The smallest absolute Gasteiger partial charge is 0.234 e. The average molecular weight is 285 g/mol. The van der Waals surface area contributed by atoms with E-state index < -0.39 is 0 Å². The molecule has 0 radical (unpaired) electrons. The molecule has 0 saturated heterocycles. The van der Waals surface area contributed by atoms with E-state index in [1.54, 1.807) is 11.8 Å². The second-order valence-corrected chi connectivity index (χ2v) is 5.77. The third-order valence-electron chi connectivity index (χ3n) is 3.10. The summed E-state index contributed by atoms with van der Waals surface area (Å²) in [6, 6.07) is 13.7. The Kier molecular flexibility index (Phi) is 3.65. The van der Waals surface area contributed by atoms with Gasteiger partial charge < -0.3 is 9.73 Å². The van der Waals surface area contributed by atoms with Crippen LogP contribution in [-0.2, 0) is 4.79 Å². The third kappa shape index (κ3) is 2.51. The van der Waals surface area contributed by atoms with Gasteiger partial charge in [0.2, 0.25) is 5.91 Å². The Morgan fingerprint density at radius 1 is 1.15 bits per heavy atom. The molecule has 0 aliphatic rings. The van der Waals surface area contributed by atoms with Gasteiger partial charge in [-0.25, -0.2) is 0 Å². The second kappa shape index (κ2) is 5.59. The minimum absolute atomic E-state index is 0.0207. The zero-order valence-electron chi connectivity index (χ0n) is 11.2. The lowest BCUT2D eigenvalue weighted by molar-refractivity contribution is -0.113. The van der Waals surface area contributed by atoms with Crippen molar-refractivity contribution in [2.24, 2.45) is 0 Å². The van der Waals surface area contributed by atoms with Crippen molar-refractivity contribution < 1.29 is 9.21 Å². The fraction of sp³-hybridized carbons (Fsp3) is 0.188. The standard InChI is InChI=1S/C16H15NO2S/c1-2-20-10-16(18)17-11-7-8-13-12-5-3-4-6-14(12)19-15(13)9-11/h3-9H,2,10H2,1H3,(H,17,18). The Labute approximate surface area is 121 Å². The van der Waals surface area contributed by atoms with Crippen LogP contribution in [0.3, 0.4) is 0 Å². The van der Waals surface area contributed by atoms with Gasteiger partial charge >= 0.3 is 0 Å². The summed E-state index contributed by atoms with van der Waals surface area (Å²) in [5.74, 6) is 1.44. The molecular weight excluding hydrogens is 270 g/mol. The number of hydrogen-bond donors (Lipinski definition) is 1. The van der Waals surface area contributed by atoms with Crippen molar-refractivity contribution in [3.63, 3.8) is 0 Å². The lowest BCUT2D eigenvalue weighted by Crippen LogP contribution is -2.13. The van der Waals surface area contributed by atoms with E-state index in [0.717, 1.165) is 33.4 Å². The summed E-state index contributed by atoms with van der Waals surface area (Å²) in [5, 5.41) is 5.06. The number of thioether (sulfide) groups is 1. The van der Waals surface area contributed by atoms with Crippen LogP contribution in [0, 0.1) is 0 Å². The van der Waals surface area contributed by atoms with Gasteiger partial charge in [-0.05, 0) is 24.0 Å². The summed E-state index contributed by atoms with van der Waals surface area (Å²) in [4.78, 5) is 11.7. The van der Waals surface area contributed by atoms with Crippen LogP contribution in [-0.4, -0.2) is 17.4 Å². The summed E-state index contributed by atoms with van der Waals surface area (Å²) >= 11 is 1.61. The normalized spacial score (nSPS) is 11.1. The molecule has 0 fully saturated rings. The Hall–Kier alpha value is -1.94. The minimum atomic E-state index is 0.0207. The number of rotatable bonds is 4. The molecule has 0 atom stereocenters. The fourth-order valence-electron chi connectivity index (χ4n) is 2.20. The van der Waals surface area contributed by atoms with E-state index in [9.17, 15) is 4.79 Å². The van der Waals surface area contributed by atoms with Gasteiger partial charge in [0.1, 0.15) is 11.2 Å². The van der Waals surface area contributed by atoms with Gasteiger partial charge in [-0.15, -0.1) is 0 Å². The van der Waals surface area contributed by atoms with Crippen LogP contribution in [0.2, 0.25) is 0 Å². The lowest BCUT2D eigenvalue weighted by atomic mass is 10.1. The van der Waals surface area contributed by atoms with Crippen LogP contribution in [0.4, 0.5) is 5.69 Å². The molecule has 3 aromatic rings. The average Bonchev–Trinajstić information content (AvgIpc) is 2.82. The van der Waals surface area contributed by atoms with Crippen molar-refractivity contribution in [3.05, 3.63) is 42.5 Å². The number of carbonyl (C=O) groups is 1. The SMILES string of the molecule is CCSCC(=O)Nc1ccc2c(c1)oc1ccccc12. The highest BCUT2D eigenvalue weighted by Crippen LogP contribution is 2.30. The summed E-state index contributed by atoms with van der Waals surface area (Å²) in [6.45, 7) is 2.04. The van der Waals surface area contributed by atoms with Crippen molar-refractivity contribution in [2.75, 3.05) is 16.8 Å². The number of fused-ring (bicyclic) bond motifs is 3. The van der Waals surface area contributed by atoms with Gasteiger partial charge in [0.25, 0.3) is 0 Å². The first-order valence-corrected chi connectivity index (χ1v) is 7.72. The number of amides is 1. The number of benzene rings is 2. The highest BCUT2D eigenvalue weighted by Gasteiger charge is 2.08. The summed E-state index contributed by atoms with van der Waals surface area (Å²) in [5.41, 5.74) is 2.44. The van der Waals surface area contributed by atoms with E-state index in [1.807, 2.05) is 49.4 Å². The molecule has 0 spiro atoms. The molecule has 0 aliphatic heterocycles. The second-order valence-electron chi connectivity index (χ2n) is 4.49. The van der Waals surface area contributed by atoms with E-state index >= 15 is 0 Å². The highest BCUT2D eigenvalue weighted by molar-refractivity contribution is 7.99. The number of anilines is 1. The summed E-state index contributed by atoms with van der Waals surface area (Å²) < 4.78 is 5.80. The summed E-state index contributed by atoms with van der Waals surface area (Å²) in [6.07, 6.45) is 0. The first-order chi connectivity index (χ1) is 9.78. The number of furan rings is 1. The van der Waals surface area contributed by atoms with Gasteiger partial charge in [0.05, 0.1) is 5.75 Å². The van der Waals surface area contributed by atoms with Crippen molar-refractivity contribution >= 4 is 45.3 Å². The van der Waals surface area contributed by atoms with Crippen molar-refractivity contribution in [1.29, 1.82) is 0 Å². The van der Waals surface area contributed by atoms with Crippen LogP contribution in [0.15, 0.2) is 46.9 Å². The predicted octanol–water partition coefficient (Wildman–Crippen LogP) is 4.28. The van der Waals surface area contributed by atoms with E-state index in [2.05, 4.69) is 5.32 Å². The van der Waals surface area contributed by atoms with Crippen molar-refractivity contribution in [1.82, 2.24) is 0 Å². The Morgan fingerprint density at radius 3 is 2.80 bits per heavy atom. The maximum atomic E-state index is 11.7. The minimum Gasteiger partial charge on any atom is -0.456 e. The zero-order valence-corrected chi connectivity index (χ0v) is 12.0. The molecule has 1 N–H and O–H groups in total. The first-order valence-electron chi connectivity index (χ1n) is 6.57. The monoisotopic (exact) mass is 285 g/mol. The van der Waals surface area contributed by atoms with Crippen LogP contribution in [0.1, 0.15) is 6.92 Å². The molecule has 0 bridgehead atoms. The van der Waals surface area contributed by atoms with Gasteiger partial charge in [-0.1, -0.05) is 25.1 Å². The molecule has 1 aromatic heterocycles. The number of nitrogens with one attached hydrogen (secondary N) is 1. The van der Waals surface area contributed by atoms with Crippen LogP contribution in [0.25, 0.3) is 21.9 Å². The molecule has 0 aliphatic carbocycles. The molecule has 3 nitrogen and oxygen atoms in total. The van der Waals surface area contributed by atoms with E-state index in [4.69, 9.17) is 4.42 Å². The Balaban J connectivity index is 1.91. The van der Waals surface area contributed by atoms with Gasteiger partial charge in [-0.3, -0.25) is 4.79 Å². The molecule has 102 valence electrons. The Morgan fingerprint density at radius 2 is 1.95 bits per heavy atom. The van der Waals surface area contributed by atoms with Crippen molar-refractivity contribution in [2.45, 2.75) is 6.92 Å². The first kappa shape index (κ1) is 13.1. The largest absolute Gasteiger partial charge is 0.456 e. The van der Waals surface area contributed by atoms with Gasteiger partial charge in [0.15, 0.2) is 0 Å². The highest BCUT2D eigenvalue weighted by atomic mass is 32.2. The van der Waals surface area contributed by atoms with E-state index in [-0.39, 0.29) is 5.91 Å². The summed E-state index contributed by atoms with van der Waals surface area (Å²) in [7, 11) is 0. The van der Waals surface area contributed by atoms with Gasteiger partial charge in [0, 0.05) is 22.5 Å². The van der Waals surface area contributed by atoms with E-state index in [0.29, 0.717) is 5.75 Å². The van der Waals surface area contributed by atoms with Crippen LogP contribution < -0.4 is 5.32 Å². The quantitative estimate of drug-likeness (QED) is 0.778. The molecule has 1 heterocycles. The fourth-order valence-corrected chi connectivity index (χ4v) is 2.66. The molecular formula is C16H15NO2S. The topological polar surface area (TPSA) is 42.2 Å². The molecule has 0 unspecified atom stereocenters. The third-order valence-corrected chi connectivity index (χ3v) is 3.97. The number of hydrogen-bond acceptors (Lipinski definition) is 3. The lowest BCUT2D eigenvalue weighted by Gasteiger charge is -2.04. The predicted molar refractivity (Wildman–Crippen MR) is 85.3 cm³/mol. The number of carbonyl (C=O) groups excluding carboxylic acids is 1. The maximum Gasteiger partial charge on any atom is 0.234 e. The number of para-hydroxylation sites is 1. The Bertz CT molecular complexity index is 763. The molecule has 0 saturated carbocycles. The van der Waals surface area contributed by atoms with E-state index in [1.165, 1.54) is 0 Å². The van der Waals surface area contributed by atoms with Crippen LogP contribution >= 0.6 is 11.8 Å². The molecule has 1 amide bonds. The maximum absolute atomic E-state index is 11.7. The molecule has 20 heavy (non-hydrogen) atoms. The van der Waals surface area contributed by atoms with Crippen molar-refractivity contribution in [3.8, 4) is 0 Å². The van der Waals surface area contributed by atoms with Gasteiger partial charge in [-0.2, -0.15) is 11.8 Å². The molecule has 2 aromatic carbocycles. The molecule has 4 heteroatoms. The zero-order chi connectivity index (χ0) is 13.9. The van der Waals surface area contributed by atoms with Crippen LogP contribution in [0.5, 0.6) is 0 Å².